The lowest BCUT2D eigenvalue weighted by atomic mass is 10.1. The quantitative estimate of drug-likeness (QED) is 0.455. The number of hydrazone groups is 1. The molecule has 2 heterocycles. The molecule has 1 N–H and O–H groups in total. The van der Waals surface area contributed by atoms with Crippen LogP contribution in [0.5, 0.6) is 5.75 Å². The van der Waals surface area contributed by atoms with Crippen molar-refractivity contribution in [1.29, 1.82) is 0 Å². The van der Waals surface area contributed by atoms with Crippen molar-refractivity contribution >= 4 is 34.5 Å². The molecule has 0 saturated heterocycles. The Kier molecular flexibility index (Phi) is 5.67. The molecule has 0 saturated carbocycles. The molecule has 30 heavy (non-hydrogen) atoms. The van der Waals surface area contributed by atoms with Crippen molar-refractivity contribution in [3.63, 3.8) is 0 Å². The normalized spacial score (nSPS) is 17.2. The van der Waals surface area contributed by atoms with E-state index in [9.17, 15) is 9.59 Å². The number of nitrogens with one attached hydrogen (secondary N) is 1. The molecule has 2 aromatic rings. The highest BCUT2D eigenvalue weighted by molar-refractivity contribution is 8.14. The zero-order valence-electron chi connectivity index (χ0n) is 16.4. The van der Waals surface area contributed by atoms with Crippen molar-refractivity contribution in [3.05, 3.63) is 77.3 Å². The lowest BCUT2D eigenvalue weighted by Crippen LogP contribution is -2.50. The fraction of sp³-hybridized carbons (Fsp3) is 0.182. The molecule has 0 fully saturated rings. The Morgan fingerprint density at radius 2 is 2.03 bits per heavy atom. The van der Waals surface area contributed by atoms with Crippen molar-refractivity contribution in [2.24, 2.45) is 10.1 Å². The number of nitrogens with zero attached hydrogens (tertiary/aromatic N) is 3. The van der Waals surface area contributed by atoms with Gasteiger partial charge in [0.05, 0.1) is 5.36 Å². The van der Waals surface area contributed by atoms with E-state index in [1.807, 2.05) is 36.4 Å². The Morgan fingerprint density at radius 3 is 2.77 bits per heavy atom. The first-order valence-electron chi connectivity index (χ1n) is 9.51. The number of amidine groups is 1. The number of amides is 1. The van der Waals surface area contributed by atoms with Crippen molar-refractivity contribution in [2.75, 3.05) is 5.75 Å². The molecule has 2 aromatic carbocycles. The van der Waals surface area contributed by atoms with E-state index in [0.717, 1.165) is 16.1 Å². The first-order valence-corrected chi connectivity index (χ1v) is 10.5. The second kappa shape index (κ2) is 8.54. The smallest absolute Gasteiger partial charge is 0.310 e. The SMILES string of the molecule is C=CCSC1=NN2C(=c3ccccc3=N[C@H]2c2ccc(OC(=O)CC)cc2)C(=O)N1. The number of thioether (sulfide) groups is 1. The maximum absolute atomic E-state index is 12.9. The van der Waals surface area contributed by atoms with E-state index in [4.69, 9.17) is 9.73 Å². The molecule has 0 bridgehead atoms. The van der Waals surface area contributed by atoms with Gasteiger partial charge in [-0.2, -0.15) is 0 Å². The lowest BCUT2D eigenvalue weighted by molar-refractivity contribution is -0.134. The minimum Gasteiger partial charge on any atom is -0.427 e. The third kappa shape index (κ3) is 3.86. The number of carbonyl (C=O) groups excluding carboxylic acids is 2. The van der Waals surface area contributed by atoms with E-state index in [1.54, 1.807) is 30.1 Å². The second-order valence-electron chi connectivity index (χ2n) is 6.57. The number of fused-ring (bicyclic) bond motifs is 2. The molecule has 1 amide bonds. The molecule has 7 nitrogen and oxygen atoms in total. The molecule has 0 aromatic heterocycles. The topological polar surface area (TPSA) is 83.4 Å². The van der Waals surface area contributed by atoms with Crippen LogP contribution in [0, 0.1) is 0 Å². The van der Waals surface area contributed by atoms with E-state index in [1.165, 1.54) is 11.8 Å². The maximum Gasteiger partial charge on any atom is 0.310 e. The average Bonchev–Trinajstić information content (AvgIpc) is 2.77. The maximum atomic E-state index is 12.9. The van der Waals surface area contributed by atoms with Crippen LogP contribution in [0.4, 0.5) is 0 Å². The van der Waals surface area contributed by atoms with Crippen LogP contribution in [0.2, 0.25) is 0 Å². The van der Waals surface area contributed by atoms with Gasteiger partial charge in [0.1, 0.15) is 11.4 Å². The molecule has 2 aliphatic heterocycles. The van der Waals surface area contributed by atoms with Gasteiger partial charge in [-0.3, -0.25) is 19.9 Å². The van der Waals surface area contributed by atoms with Gasteiger partial charge in [0.2, 0.25) is 0 Å². The predicted octanol–water partition coefficient (Wildman–Crippen LogP) is 2.06. The number of benzene rings is 2. The van der Waals surface area contributed by atoms with Gasteiger partial charge in [0, 0.05) is 17.4 Å². The van der Waals surface area contributed by atoms with Gasteiger partial charge in [0.25, 0.3) is 5.91 Å². The van der Waals surface area contributed by atoms with E-state index >= 15 is 0 Å². The summed E-state index contributed by atoms with van der Waals surface area (Å²) in [4.78, 5) is 29.3. The Bertz CT molecular complexity index is 1160. The summed E-state index contributed by atoms with van der Waals surface area (Å²) in [6.07, 6.45) is 1.54. The molecular weight excluding hydrogens is 400 g/mol. The van der Waals surface area contributed by atoms with E-state index in [-0.39, 0.29) is 11.9 Å². The third-order valence-corrected chi connectivity index (χ3v) is 5.41. The van der Waals surface area contributed by atoms with Crippen LogP contribution >= 0.6 is 11.8 Å². The summed E-state index contributed by atoms with van der Waals surface area (Å²) in [6, 6.07) is 14.6. The van der Waals surface area contributed by atoms with Crippen LogP contribution in [0.25, 0.3) is 5.70 Å². The van der Waals surface area contributed by atoms with Gasteiger partial charge < -0.3 is 4.74 Å². The van der Waals surface area contributed by atoms with Gasteiger partial charge in [-0.25, -0.2) is 5.01 Å². The highest BCUT2D eigenvalue weighted by atomic mass is 32.2. The molecule has 152 valence electrons. The number of carbonyl (C=O) groups is 2. The summed E-state index contributed by atoms with van der Waals surface area (Å²) >= 11 is 1.39. The van der Waals surface area contributed by atoms with Crippen LogP contribution in [-0.2, 0) is 9.59 Å². The number of esters is 1. The zero-order chi connectivity index (χ0) is 21.1. The van der Waals surface area contributed by atoms with Crippen molar-refractivity contribution in [2.45, 2.75) is 19.5 Å². The molecule has 1 atom stereocenters. The Balaban J connectivity index is 1.77. The lowest BCUT2D eigenvalue weighted by Gasteiger charge is -2.34. The number of hydrogen-bond donors (Lipinski definition) is 1. The highest BCUT2D eigenvalue weighted by Crippen LogP contribution is 2.31. The summed E-state index contributed by atoms with van der Waals surface area (Å²) in [7, 11) is 0. The fourth-order valence-electron chi connectivity index (χ4n) is 3.16. The standard InChI is InChI=1S/C22H20N4O3S/c1-3-13-30-22-24-21(28)19-16-7-5-6-8-17(16)23-20(26(19)25-22)14-9-11-15(12-10-14)29-18(27)4-2/h3,5-12,20H,1,4,13H2,2H3,(H,24,25,28)/t20-/m1/s1. The first-order chi connectivity index (χ1) is 14.6. The van der Waals surface area contributed by atoms with E-state index < -0.39 is 6.17 Å². The summed E-state index contributed by atoms with van der Waals surface area (Å²) < 4.78 is 5.25. The summed E-state index contributed by atoms with van der Waals surface area (Å²) in [5.74, 6) is 0.569. The van der Waals surface area contributed by atoms with Crippen LogP contribution in [0.15, 0.2) is 71.3 Å². The Labute approximate surface area is 177 Å². The minimum absolute atomic E-state index is 0.225. The molecule has 8 heteroatoms. The van der Waals surface area contributed by atoms with Crippen LogP contribution in [0.3, 0.4) is 0 Å². The number of para-hydroxylation sites is 1. The van der Waals surface area contributed by atoms with Crippen molar-refractivity contribution in [3.8, 4) is 5.75 Å². The molecule has 0 radical (unpaired) electrons. The number of ether oxygens (including phenoxy) is 1. The van der Waals surface area contributed by atoms with Gasteiger partial charge in [-0.15, -0.1) is 11.7 Å². The summed E-state index contributed by atoms with van der Waals surface area (Å²) in [6.45, 7) is 5.45. The molecule has 4 rings (SSSR count). The predicted molar refractivity (Wildman–Crippen MR) is 116 cm³/mol. The van der Waals surface area contributed by atoms with Crippen LogP contribution in [-0.4, -0.2) is 27.8 Å². The molecular formula is C22H20N4O3S. The molecule has 0 spiro atoms. The number of hydrogen-bond acceptors (Lipinski definition) is 7. The van der Waals surface area contributed by atoms with Crippen molar-refractivity contribution < 1.29 is 14.3 Å². The summed E-state index contributed by atoms with van der Waals surface area (Å²) in [5.41, 5.74) is 1.28. The third-order valence-electron chi connectivity index (χ3n) is 4.55. The van der Waals surface area contributed by atoms with Gasteiger partial charge in [-0.1, -0.05) is 55.1 Å². The highest BCUT2D eigenvalue weighted by Gasteiger charge is 2.34. The van der Waals surface area contributed by atoms with Gasteiger partial charge in [-0.05, 0) is 23.8 Å². The minimum atomic E-state index is -0.517. The first kappa shape index (κ1) is 19.9. The monoisotopic (exact) mass is 420 g/mol. The zero-order valence-corrected chi connectivity index (χ0v) is 17.2. The Morgan fingerprint density at radius 1 is 1.27 bits per heavy atom. The van der Waals surface area contributed by atoms with Crippen LogP contribution < -0.4 is 20.6 Å². The Hall–Kier alpha value is -3.39. The van der Waals surface area contributed by atoms with Crippen molar-refractivity contribution in [1.82, 2.24) is 10.3 Å². The molecule has 2 aliphatic rings. The van der Waals surface area contributed by atoms with Gasteiger partial charge in [0.15, 0.2) is 11.3 Å². The van der Waals surface area contributed by atoms with E-state index in [2.05, 4.69) is 17.0 Å². The fourth-order valence-corrected chi connectivity index (χ4v) is 3.75. The number of rotatable bonds is 5. The van der Waals surface area contributed by atoms with Gasteiger partial charge >= 0.3 is 5.97 Å². The van der Waals surface area contributed by atoms with Crippen LogP contribution in [0.1, 0.15) is 25.1 Å². The largest absolute Gasteiger partial charge is 0.427 e. The van der Waals surface area contributed by atoms with E-state index in [0.29, 0.717) is 28.8 Å². The average molecular weight is 420 g/mol. The summed E-state index contributed by atoms with van der Waals surface area (Å²) in [5, 5.41) is 11.1. The second-order valence-corrected chi connectivity index (χ2v) is 7.58. The molecule has 0 unspecified atom stereocenters. The molecule has 0 aliphatic carbocycles.